The van der Waals surface area contributed by atoms with Crippen LogP contribution >= 0.6 is 0 Å². The van der Waals surface area contributed by atoms with Gasteiger partial charge in [-0.05, 0) is 59.4 Å². The lowest BCUT2D eigenvalue weighted by Crippen LogP contribution is -2.52. The highest BCUT2D eigenvalue weighted by atomic mass is 16.5. The molecule has 19 heavy (non-hydrogen) atoms. The predicted octanol–water partition coefficient (Wildman–Crippen LogP) is 2.98. The van der Waals surface area contributed by atoms with Crippen LogP contribution in [0.15, 0.2) is 0 Å². The first-order chi connectivity index (χ1) is 8.80. The third-order valence-electron chi connectivity index (χ3n) is 4.73. The molecule has 2 aliphatic rings. The van der Waals surface area contributed by atoms with Crippen LogP contribution in [-0.2, 0) is 9.47 Å². The van der Waals surface area contributed by atoms with Gasteiger partial charge < -0.3 is 14.8 Å². The van der Waals surface area contributed by atoms with Crippen molar-refractivity contribution in [2.75, 3.05) is 13.7 Å². The van der Waals surface area contributed by atoms with Gasteiger partial charge in [0.2, 0.25) is 0 Å². The number of rotatable bonds is 6. The highest BCUT2D eigenvalue weighted by Crippen LogP contribution is 2.47. The molecule has 0 radical (unpaired) electrons. The van der Waals surface area contributed by atoms with E-state index in [2.05, 4.69) is 39.9 Å². The molecule has 3 atom stereocenters. The van der Waals surface area contributed by atoms with Gasteiger partial charge >= 0.3 is 0 Å². The SMILES string of the molecule is CCNC(C(OC)C1CC1)C1CC(C)(C)OC1(C)C. The van der Waals surface area contributed by atoms with Crippen LogP contribution in [0.5, 0.6) is 0 Å². The number of ether oxygens (including phenoxy) is 2. The zero-order valence-electron chi connectivity index (χ0n) is 13.5. The fourth-order valence-corrected chi connectivity index (χ4v) is 3.94. The molecule has 1 saturated heterocycles. The molecule has 0 aromatic carbocycles. The molecule has 1 N–H and O–H groups in total. The summed E-state index contributed by atoms with van der Waals surface area (Å²) < 4.78 is 12.1. The van der Waals surface area contributed by atoms with Crippen molar-refractivity contribution < 1.29 is 9.47 Å². The largest absolute Gasteiger partial charge is 0.380 e. The van der Waals surface area contributed by atoms with E-state index in [1.165, 1.54) is 12.8 Å². The molecule has 0 aromatic rings. The van der Waals surface area contributed by atoms with Gasteiger partial charge in [-0.2, -0.15) is 0 Å². The van der Waals surface area contributed by atoms with Gasteiger partial charge in [0.15, 0.2) is 0 Å². The third-order valence-corrected chi connectivity index (χ3v) is 4.73. The molecule has 1 aliphatic heterocycles. The van der Waals surface area contributed by atoms with Gasteiger partial charge in [0.25, 0.3) is 0 Å². The zero-order valence-corrected chi connectivity index (χ0v) is 13.5. The highest BCUT2D eigenvalue weighted by Gasteiger charge is 2.52. The molecular weight excluding hydrogens is 238 g/mol. The maximum absolute atomic E-state index is 6.28. The lowest BCUT2D eigenvalue weighted by molar-refractivity contribution is -0.0853. The normalized spacial score (nSPS) is 32.2. The standard InChI is InChI=1S/C16H31NO2/c1-7-17-13(14(18-6)11-8-9-11)12-10-15(2,3)19-16(12,4)5/h11-14,17H,7-10H2,1-6H3. The summed E-state index contributed by atoms with van der Waals surface area (Å²) >= 11 is 0. The first kappa shape index (κ1) is 15.3. The minimum atomic E-state index is -0.0813. The summed E-state index contributed by atoms with van der Waals surface area (Å²) in [6.45, 7) is 12.0. The lowest BCUT2D eigenvalue weighted by Gasteiger charge is -2.37. The van der Waals surface area contributed by atoms with Crippen molar-refractivity contribution >= 4 is 0 Å². The summed E-state index contributed by atoms with van der Waals surface area (Å²) in [7, 11) is 1.86. The van der Waals surface area contributed by atoms with E-state index in [9.17, 15) is 0 Å². The van der Waals surface area contributed by atoms with E-state index in [1.54, 1.807) is 0 Å². The Morgan fingerprint density at radius 1 is 1.26 bits per heavy atom. The maximum atomic E-state index is 6.28. The molecular formula is C16H31NO2. The van der Waals surface area contributed by atoms with Gasteiger partial charge in [-0.1, -0.05) is 6.92 Å². The highest BCUT2D eigenvalue weighted by molar-refractivity contribution is 5.04. The second-order valence-corrected chi connectivity index (χ2v) is 7.40. The van der Waals surface area contributed by atoms with Crippen LogP contribution in [0.3, 0.4) is 0 Å². The average Bonchev–Trinajstić information content (AvgIpc) is 3.05. The van der Waals surface area contributed by atoms with Gasteiger partial charge in [-0.3, -0.25) is 0 Å². The molecule has 1 saturated carbocycles. The van der Waals surface area contributed by atoms with Crippen molar-refractivity contribution in [1.29, 1.82) is 0 Å². The van der Waals surface area contributed by atoms with Gasteiger partial charge in [-0.15, -0.1) is 0 Å². The number of methoxy groups -OCH3 is 1. The summed E-state index contributed by atoms with van der Waals surface area (Å²) in [5.41, 5.74) is -0.105. The van der Waals surface area contributed by atoms with Crippen LogP contribution in [0.1, 0.15) is 53.9 Å². The molecule has 2 fully saturated rings. The number of hydrogen-bond acceptors (Lipinski definition) is 3. The quantitative estimate of drug-likeness (QED) is 0.804. The van der Waals surface area contributed by atoms with Crippen LogP contribution in [-0.4, -0.2) is 37.0 Å². The molecule has 0 aromatic heterocycles. The summed E-state index contributed by atoms with van der Waals surface area (Å²) in [5.74, 6) is 1.25. The fourth-order valence-electron chi connectivity index (χ4n) is 3.94. The zero-order chi connectivity index (χ0) is 14.3. The van der Waals surface area contributed by atoms with E-state index < -0.39 is 0 Å². The molecule has 3 unspecified atom stereocenters. The Morgan fingerprint density at radius 2 is 1.89 bits per heavy atom. The van der Waals surface area contributed by atoms with E-state index in [4.69, 9.17) is 9.47 Å². The number of nitrogens with one attached hydrogen (secondary N) is 1. The van der Waals surface area contributed by atoms with Gasteiger partial charge in [0.05, 0.1) is 17.3 Å². The van der Waals surface area contributed by atoms with Crippen molar-refractivity contribution in [3.05, 3.63) is 0 Å². The monoisotopic (exact) mass is 269 g/mol. The van der Waals surface area contributed by atoms with Crippen LogP contribution in [0.4, 0.5) is 0 Å². The van der Waals surface area contributed by atoms with Gasteiger partial charge in [-0.25, -0.2) is 0 Å². The Hall–Kier alpha value is -0.120. The van der Waals surface area contributed by atoms with Crippen molar-refractivity contribution in [3.8, 4) is 0 Å². The van der Waals surface area contributed by atoms with Crippen molar-refractivity contribution in [1.82, 2.24) is 5.32 Å². The van der Waals surface area contributed by atoms with Crippen molar-refractivity contribution in [2.45, 2.75) is 77.2 Å². The topological polar surface area (TPSA) is 30.5 Å². The Kier molecular flexibility index (Phi) is 4.29. The second kappa shape index (κ2) is 5.34. The first-order valence-corrected chi connectivity index (χ1v) is 7.77. The molecule has 112 valence electrons. The molecule has 0 bridgehead atoms. The summed E-state index contributed by atoms with van der Waals surface area (Å²) in [6.07, 6.45) is 4.07. The van der Waals surface area contributed by atoms with E-state index in [-0.39, 0.29) is 11.2 Å². The molecule has 2 rings (SSSR count). The molecule has 3 heteroatoms. The van der Waals surface area contributed by atoms with Crippen molar-refractivity contribution in [2.24, 2.45) is 11.8 Å². The van der Waals surface area contributed by atoms with Gasteiger partial charge in [0.1, 0.15) is 0 Å². The van der Waals surface area contributed by atoms with Crippen molar-refractivity contribution in [3.63, 3.8) is 0 Å². The number of hydrogen-bond donors (Lipinski definition) is 1. The summed E-state index contributed by atoms with van der Waals surface area (Å²) in [6, 6.07) is 0.402. The second-order valence-electron chi connectivity index (χ2n) is 7.40. The lowest BCUT2D eigenvalue weighted by atomic mass is 9.78. The summed E-state index contributed by atoms with van der Waals surface area (Å²) in [4.78, 5) is 0. The predicted molar refractivity (Wildman–Crippen MR) is 78.3 cm³/mol. The van der Waals surface area contributed by atoms with Gasteiger partial charge in [0, 0.05) is 19.1 Å². The minimum Gasteiger partial charge on any atom is -0.380 e. The van der Waals surface area contributed by atoms with Crippen LogP contribution in [0, 0.1) is 11.8 Å². The Bertz CT molecular complexity index is 310. The third kappa shape index (κ3) is 3.32. The first-order valence-electron chi connectivity index (χ1n) is 7.77. The molecule has 1 aliphatic carbocycles. The average molecular weight is 269 g/mol. The van der Waals surface area contributed by atoms with Crippen LogP contribution in [0.25, 0.3) is 0 Å². The Morgan fingerprint density at radius 3 is 2.26 bits per heavy atom. The maximum Gasteiger partial charge on any atom is 0.0756 e. The fraction of sp³-hybridized carbons (Fsp3) is 1.00. The molecule has 3 nitrogen and oxygen atoms in total. The van der Waals surface area contributed by atoms with E-state index in [1.807, 2.05) is 7.11 Å². The van der Waals surface area contributed by atoms with E-state index >= 15 is 0 Å². The van der Waals surface area contributed by atoms with E-state index in [0.717, 1.165) is 18.9 Å². The minimum absolute atomic E-state index is 0.0241. The summed E-state index contributed by atoms with van der Waals surface area (Å²) in [5, 5.41) is 3.69. The molecule has 0 spiro atoms. The molecule has 0 amide bonds. The van der Waals surface area contributed by atoms with Crippen LogP contribution in [0.2, 0.25) is 0 Å². The van der Waals surface area contributed by atoms with Crippen LogP contribution < -0.4 is 5.32 Å². The number of likely N-dealkylation sites (N-methyl/N-ethyl adjacent to an activating group) is 1. The smallest absolute Gasteiger partial charge is 0.0756 e. The Balaban J connectivity index is 2.18. The molecule has 1 heterocycles. The van der Waals surface area contributed by atoms with E-state index in [0.29, 0.717) is 18.1 Å². The Labute approximate surface area is 118 Å².